The summed E-state index contributed by atoms with van der Waals surface area (Å²) in [6.45, 7) is 0.998. The number of aromatic carboxylic acids is 1. The van der Waals surface area contributed by atoms with Crippen molar-refractivity contribution in [2.24, 2.45) is 5.41 Å². The normalized spacial score (nSPS) is 24.8. The molecule has 3 aromatic rings. The second kappa shape index (κ2) is 9.61. The van der Waals surface area contributed by atoms with E-state index in [1.54, 1.807) is 30.6 Å². The molecule has 37 heavy (non-hydrogen) atoms. The Morgan fingerprint density at radius 1 is 1.08 bits per heavy atom. The Kier molecular flexibility index (Phi) is 6.42. The van der Waals surface area contributed by atoms with Gasteiger partial charge in [-0.15, -0.1) is 0 Å². The Morgan fingerprint density at radius 3 is 2.43 bits per heavy atom. The number of benzene rings is 1. The number of pyridine rings is 1. The smallest absolute Gasteiger partial charge is 0.335 e. The van der Waals surface area contributed by atoms with Crippen LogP contribution in [0, 0.1) is 5.41 Å². The topological polar surface area (TPSA) is 94.7 Å². The maximum atomic E-state index is 11.3. The number of carboxylic acid groups (broad SMARTS) is 1. The molecule has 194 valence electrons. The minimum absolute atomic E-state index is 0.101. The van der Waals surface area contributed by atoms with Gasteiger partial charge in [0.1, 0.15) is 17.2 Å². The predicted octanol–water partition coefficient (Wildman–Crippen LogP) is 7.31. The van der Waals surface area contributed by atoms with Crippen LogP contribution in [0.5, 0.6) is 5.75 Å². The van der Waals surface area contributed by atoms with Crippen molar-refractivity contribution in [3.63, 3.8) is 0 Å². The molecule has 4 aliphatic carbocycles. The SMILES string of the molecule is O=C(O)c1cccc(OCC23CCC(OCc4c(-c5c(Cl)cncc5Cl)noc4C4CC4)(CC2)CC3)c1. The molecule has 1 aromatic carbocycles. The highest BCUT2D eigenvalue weighted by atomic mass is 35.5. The molecule has 1 N–H and O–H groups in total. The van der Waals surface area contributed by atoms with E-state index < -0.39 is 5.97 Å². The van der Waals surface area contributed by atoms with Crippen molar-refractivity contribution in [1.29, 1.82) is 0 Å². The van der Waals surface area contributed by atoms with Crippen molar-refractivity contribution < 1.29 is 23.9 Å². The van der Waals surface area contributed by atoms with E-state index in [0.29, 0.717) is 46.2 Å². The average Bonchev–Trinajstić information content (AvgIpc) is 3.68. The van der Waals surface area contributed by atoms with Gasteiger partial charge in [0.15, 0.2) is 0 Å². The van der Waals surface area contributed by atoms with Crippen molar-refractivity contribution in [2.75, 3.05) is 6.61 Å². The molecule has 2 heterocycles. The largest absolute Gasteiger partial charge is 0.493 e. The number of rotatable bonds is 9. The Morgan fingerprint density at radius 2 is 1.78 bits per heavy atom. The van der Waals surface area contributed by atoms with Crippen LogP contribution in [0.3, 0.4) is 0 Å². The monoisotopic (exact) mass is 542 g/mol. The van der Waals surface area contributed by atoms with Gasteiger partial charge in [0.2, 0.25) is 0 Å². The lowest BCUT2D eigenvalue weighted by Gasteiger charge is -2.52. The van der Waals surface area contributed by atoms with E-state index in [1.165, 1.54) is 0 Å². The summed E-state index contributed by atoms with van der Waals surface area (Å²) in [6, 6.07) is 6.70. The van der Waals surface area contributed by atoms with Crippen molar-refractivity contribution in [3.8, 4) is 17.0 Å². The van der Waals surface area contributed by atoms with E-state index in [9.17, 15) is 9.90 Å². The highest BCUT2D eigenvalue weighted by Crippen LogP contribution is 2.55. The summed E-state index contributed by atoms with van der Waals surface area (Å²) >= 11 is 12.9. The summed E-state index contributed by atoms with van der Waals surface area (Å²) < 4.78 is 18.6. The van der Waals surface area contributed by atoms with Crippen LogP contribution in [0.4, 0.5) is 0 Å². The number of halogens is 2. The van der Waals surface area contributed by atoms with Crippen LogP contribution in [-0.2, 0) is 11.3 Å². The van der Waals surface area contributed by atoms with Gasteiger partial charge < -0.3 is 19.1 Å². The molecule has 0 spiro atoms. The summed E-state index contributed by atoms with van der Waals surface area (Å²) in [5, 5.41) is 14.5. The Balaban J connectivity index is 1.14. The fourth-order valence-electron chi connectivity index (χ4n) is 5.80. The molecule has 2 aromatic heterocycles. The van der Waals surface area contributed by atoms with Crippen LogP contribution in [-0.4, -0.2) is 33.4 Å². The molecule has 2 bridgehead atoms. The van der Waals surface area contributed by atoms with Gasteiger partial charge >= 0.3 is 5.97 Å². The molecular weight excluding hydrogens is 515 g/mol. The predicted molar refractivity (Wildman–Crippen MR) is 138 cm³/mol. The number of ether oxygens (including phenoxy) is 2. The number of carbonyl (C=O) groups is 1. The first-order valence-corrected chi connectivity index (χ1v) is 13.5. The third-order valence-electron chi connectivity index (χ3n) is 8.34. The number of carboxylic acids is 1. The summed E-state index contributed by atoms with van der Waals surface area (Å²) in [4.78, 5) is 15.3. The van der Waals surface area contributed by atoms with Crippen molar-refractivity contribution in [2.45, 2.75) is 69.5 Å². The molecule has 0 atom stereocenters. The maximum absolute atomic E-state index is 11.3. The van der Waals surface area contributed by atoms with Crippen LogP contribution in [0.1, 0.15) is 79.0 Å². The summed E-state index contributed by atoms with van der Waals surface area (Å²) in [6.07, 6.45) is 11.2. The van der Waals surface area contributed by atoms with Gasteiger partial charge in [-0.05, 0) is 69.6 Å². The standard InChI is InChI=1S/C28H28Cl2N2O5/c29-21-13-31-14-22(30)23(21)24-20(25(37-32-24)17-4-5-17)15-36-28-9-6-27(7-10-28,8-11-28)16-35-19-3-1-2-18(12-19)26(33)34/h1-3,12-14,17H,4-11,15-16H2,(H,33,34). The molecule has 0 unspecified atom stereocenters. The number of nitrogens with zero attached hydrogens (tertiary/aromatic N) is 2. The van der Waals surface area contributed by atoms with Crippen LogP contribution in [0.15, 0.2) is 41.2 Å². The lowest BCUT2D eigenvalue weighted by molar-refractivity contribution is -0.150. The van der Waals surface area contributed by atoms with Gasteiger partial charge in [0, 0.05) is 34.9 Å². The minimum Gasteiger partial charge on any atom is -0.493 e. The first-order chi connectivity index (χ1) is 17.9. The zero-order valence-corrected chi connectivity index (χ0v) is 21.9. The van der Waals surface area contributed by atoms with E-state index in [2.05, 4.69) is 10.1 Å². The van der Waals surface area contributed by atoms with Crippen LogP contribution < -0.4 is 4.74 Å². The van der Waals surface area contributed by atoms with E-state index in [4.69, 9.17) is 37.2 Å². The number of aromatic nitrogens is 2. The molecule has 4 aliphatic rings. The third kappa shape index (κ3) is 4.85. The van der Waals surface area contributed by atoms with E-state index in [0.717, 1.165) is 62.7 Å². The Hall–Kier alpha value is -2.61. The van der Waals surface area contributed by atoms with Crippen LogP contribution in [0.25, 0.3) is 11.3 Å². The first kappa shape index (κ1) is 24.7. The average molecular weight is 543 g/mol. The second-order valence-electron chi connectivity index (χ2n) is 10.7. The molecule has 7 rings (SSSR count). The molecule has 7 nitrogen and oxygen atoms in total. The Labute approximate surface area is 225 Å². The van der Waals surface area contributed by atoms with Crippen molar-refractivity contribution >= 4 is 29.2 Å². The minimum atomic E-state index is -0.949. The van der Waals surface area contributed by atoms with Crippen LogP contribution in [0.2, 0.25) is 10.0 Å². The van der Waals surface area contributed by atoms with Gasteiger partial charge in [-0.3, -0.25) is 4.98 Å². The number of hydrogen-bond acceptors (Lipinski definition) is 6. The fourth-order valence-corrected chi connectivity index (χ4v) is 6.35. The fraction of sp³-hybridized carbons (Fsp3) is 0.464. The highest BCUT2D eigenvalue weighted by Gasteiger charge is 2.50. The summed E-state index contributed by atoms with van der Waals surface area (Å²) in [5.74, 6) is 0.913. The van der Waals surface area contributed by atoms with Gasteiger partial charge in [0.05, 0.1) is 34.4 Å². The van der Waals surface area contributed by atoms with E-state index >= 15 is 0 Å². The third-order valence-corrected chi connectivity index (χ3v) is 8.91. The van der Waals surface area contributed by atoms with Crippen molar-refractivity contribution in [3.05, 3.63) is 63.6 Å². The van der Waals surface area contributed by atoms with Gasteiger partial charge in [-0.2, -0.15) is 0 Å². The molecule has 9 heteroatoms. The molecule has 4 fully saturated rings. The number of hydrogen-bond donors (Lipinski definition) is 1. The highest BCUT2D eigenvalue weighted by molar-refractivity contribution is 6.38. The molecule has 4 saturated carbocycles. The molecule has 0 radical (unpaired) electrons. The molecule has 0 amide bonds. The lowest BCUT2D eigenvalue weighted by atomic mass is 9.59. The number of fused-ring (bicyclic) bond motifs is 3. The zero-order chi connectivity index (χ0) is 25.6. The zero-order valence-electron chi connectivity index (χ0n) is 20.3. The van der Waals surface area contributed by atoms with Crippen molar-refractivity contribution in [1.82, 2.24) is 10.1 Å². The van der Waals surface area contributed by atoms with E-state index in [1.807, 2.05) is 6.07 Å². The molecule has 0 saturated heterocycles. The van der Waals surface area contributed by atoms with Gasteiger partial charge in [0.25, 0.3) is 0 Å². The maximum Gasteiger partial charge on any atom is 0.335 e. The summed E-state index contributed by atoms with van der Waals surface area (Å²) in [5.41, 5.74) is 2.39. The van der Waals surface area contributed by atoms with Crippen LogP contribution >= 0.6 is 23.2 Å². The van der Waals surface area contributed by atoms with Gasteiger partial charge in [-0.25, -0.2) is 4.79 Å². The lowest BCUT2D eigenvalue weighted by Crippen LogP contribution is -2.49. The molecular formula is C28H28Cl2N2O5. The summed E-state index contributed by atoms with van der Waals surface area (Å²) in [7, 11) is 0. The van der Waals surface area contributed by atoms with E-state index in [-0.39, 0.29) is 16.6 Å². The Bertz CT molecular complexity index is 1290. The second-order valence-corrected chi connectivity index (χ2v) is 11.5. The molecule has 0 aliphatic heterocycles. The first-order valence-electron chi connectivity index (χ1n) is 12.8. The van der Waals surface area contributed by atoms with Gasteiger partial charge in [-0.1, -0.05) is 34.4 Å². The quantitative estimate of drug-likeness (QED) is 0.302.